The van der Waals surface area contributed by atoms with Gasteiger partial charge in [0.2, 0.25) is 0 Å². The molecule has 0 atom stereocenters. The first-order valence-electron chi connectivity index (χ1n) is 5.29. The first-order valence-corrected chi connectivity index (χ1v) is 8.19. The van der Waals surface area contributed by atoms with Gasteiger partial charge in [0, 0.05) is 19.1 Å². The van der Waals surface area contributed by atoms with Crippen LogP contribution in [0.15, 0.2) is 21.7 Å². The fraction of sp³-hybridized carbons (Fsp3) is 0.600. The lowest BCUT2D eigenvalue weighted by Gasteiger charge is -2.35. The lowest BCUT2D eigenvalue weighted by molar-refractivity contribution is 0.0549. The van der Waals surface area contributed by atoms with Crippen molar-refractivity contribution in [1.29, 1.82) is 0 Å². The Morgan fingerprint density at radius 1 is 1.47 bits per heavy atom. The predicted molar refractivity (Wildman–Crippen MR) is 68.1 cm³/mol. The zero-order valence-electron chi connectivity index (χ0n) is 9.19. The summed E-state index contributed by atoms with van der Waals surface area (Å²) in [6, 6.07) is 3.31. The second-order valence-electron chi connectivity index (χ2n) is 4.06. The minimum absolute atomic E-state index is 0.265. The molecule has 1 aromatic heterocycles. The van der Waals surface area contributed by atoms with Gasteiger partial charge in [-0.3, -0.25) is 0 Å². The van der Waals surface area contributed by atoms with Gasteiger partial charge >= 0.3 is 0 Å². The van der Waals surface area contributed by atoms with Gasteiger partial charge in [-0.2, -0.15) is 0 Å². The number of halogens is 1. The average molecular weight is 296 g/mol. The van der Waals surface area contributed by atoms with Crippen LogP contribution in [0.2, 0.25) is 0 Å². The second kappa shape index (κ2) is 5.24. The number of sulfonamides is 1. The first-order chi connectivity index (χ1) is 8.08. The number of nitrogens with one attached hydrogen (secondary N) is 1. The molecular weight excluding hydrogens is 282 g/mol. The number of alkyl halides is 1. The highest BCUT2D eigenvalue weighted by molar-refractivity contribution is 7.91. The van der Waals surface area contributed by atoms with Crippen molar-refractivity contribution in [2.75, 3.05) is 19.1 Å². The van der Waals surface area contributed by atoms with E-state index in [0.717, 1.165) is 0 Å². The summed E-state index contributed by atoms with van der Waals surface area (Å²) in [5.41, 5.74) is -0.567. The Bertz CT molecular complexity index is 452. The highest BCUT2D eigenvalue weighted by Crippen LogP contribution is 2.26. The molecule has 0 saturated carbocycles. The normalized spacial score (nSPS) is 20.3. The van der Waals surface area contributed by atoms with Crippen molar-refractivity contribution in [2.45, 2.75) is 22.6 Å². The van der Waals surface area contributed by atoms with Crippen LogP contribution in [0.1, 0.15) is 12.8 Å². The van der Waals surface area contributed by atoms with Crippen molar-refractivity contribution in [3.63, 3.8) is 0 Å². The number of thiophene rings is 1. The van der Waals surface area contributed by atoms with E-state index >= 15 is 0 Å². The number of hydrogen-bond donors (Lipinski definition) is 1. The standard InChI is InChI=1S/C10H14ClNO3S2/c11-8-10(3-5-15-6-4-10)12-17(13,14)9-2-1-7-16-9/h1-2,7,12H,3-6,8H2. The van der Waals surface area contributed by atoms with Gasteiger partial charge in [-0.05, 0) is 24.3 Å². The van der Waals surface area contributed by atoms with E-state index in [-0.39, 0.29) is 5.88 Å². The summed E-state index contributed by atoms with van der Waals surface area (Å²) >= 11 is 7.13. The summed E-state index contributed by atoms with van der Waals surface area (Å²) in [4.78, 5) is 0. The Morgan fingerprint density at radius 3 is 2.71 bits per heavy atom. The summed E-state index contributed by atoms with van der Waals surface area (Å²) in [7, 11) is -3.46. The maximum Gasteiger partial charge on any atom is 0.250 e. The summed E-state index contributed by atoms with van der Waals surface area (Å²) in [5, 5.41) is 1.74. The zero-order chi connectivity index (χ0) is 12.4. The van der Waals surface area contributed by atoms with Crippen molar-refractivity contribution in [3.8, 4) is 0 Å². The van der Waals surface area contributed by atoms with Gasteiger partial charge in [-0.25, -0.2) is 13.1 Å². The number of ether oxygens (including phenoxy) is 1. The van der Waals surface area contributed by atoms with Crippen molar-refractivity contribution < 1.29 is 13.2 Å². The quantitative estimate of drug-likeness (QED) is 0.862. The van der Waals surface area contributed by atoms with Gasteiger partial charge in [-0.1, -0.05) is 6.07 Å². The van der Waals surface area contributed by atoms with Crippen LogP contribution in [-0.2, 0) is 14.8 Å². The maximum atomic E-state index is 12.1. The molecule has 0 unspecified atom stereocenters. The van der Waals surface area contributed by atoms with Crippen LogP contribution < -0.4 is 4.72 Å². The van der Waals surface area contributed by atoms with Gasteiger partial charge in [0.05, 0.1) is 5.54 Å². The average Bonchev–Trinajstić information content (AvgIpc) is 2.84. The molecule has 4 nitrogen and oxygen atoms in total. The van der Waals surface area contributed by atoms with Crippen LogP contribution in [0.3, 0.4) is 0 Å². The zero-order valence-corrected chi connectivity index (χ0v) is 11.6. The molecule has 0 amide bonds. The van der Waals surface area contributed by atoms with Gasteiger partial charge in [0.25, 0.3) is 10.0 Å². The van der Waals surface area contributed by atoms with Gasteiger partial charge in [0.15, 0.2) is 0 Å². The molecule has 7 heteroatoms. The van der Waals surface area contributed by atoms with E-state index in [1.165, 1.54) is 11.3 Å². The number of rotatable bonds is 4. The molecule has 2 heterocycles. The molecule has 1 aliphatic heterocycles. The molecule has 1 saturated heterocycles. The van der Waals surface area contributed by atoms with Crippen LogP contribution >= 0.6 is 22.9 Å². The molecule has 0 aromatic carbocycles. The smallest absolute Gasteiger partial charge is 0.250 e. The van der Waals surface area contributed by atoms with Crippen LogP contribution in [0.5, 0.6) is 0 Å². The van der Waals surface area contributed by atoms with E-state index in [0.29, 0.717) is 30.3 Å². The van der Waals surface area contributed by atoms with Crippen LogP contribution in [-0.4, -0.2) is 33.1 Å². The Hall–Kier alpha value is -0.140. The molecule has 1 aromatic rings. The topological polar surface area (TPSA) is 55.4 Å². The molecule has 96 valence electrons. The third kappa shape index (κ3) is 3.00. The van der Waals surface area contributed by atoms with Gasteiger partial charge in [0.1, 0.15) is 4.21 Å². The maximum absolute atomic E-state index is 12.1. The molecule has 1 fully saturated rings. The van der Waals surface area contributed by atoms with E-state index < -0.39 is 15.6 Å². The van der Waals surface area contributed by atoms with Crippen molar-refractivity contribution >= 4 is 33.0 Å². The van der Waals surface area contributed by atoms with E-state index in [9.17, 15) is 8.42 Å². The molecule has 0 aliphatic carbocycles. The fourth-order valence-electron chi connectivity index (χ4n) is 1.78. The molecule has 17 heavy (non-hydrogen) atoms. The molecule has 1 N–H and O–H groups in total. The predicted octanol–water partition coefficient (Wildman–Crippen LogP) is 1.81. The minimum atomic E-state index is -3.46. The number of hydrogen-bond acceptors (Lipinski definition) is 4. The third-order valence-electron chi connectivity index (χ3n) is 2.82. The van der Waals surface area contributed by atoms with Crippen molar-refractivity contribution in [2.24, 2.45) is 0 Å². The van der Waals surface area contributed by atoms with Crippen LogP contribution in [0.4, 0.5) is 0 Å². The van der Waals surface area contributed by atoms with E-state index in [2.05, 4.69) is 4.72 Å². The third-order valence-corrected chi connectivity index (χ3v) is 6.30. The highest BCUT2D eigenvalue weighted by atomic mass is 35.5. The van der Waals surface area contributed by atoms with Gasteiger partial charge in [-0.15, -0.1) is 22.9 Å². The highest BCUT2D eigenvalue weighted by Gasteiger charge is 2.36. The summed E-state index contributed by atoms with van der Waals surface area (Å²) in [6.45, 7) is 1.08. The molecular formula is C10H14ClNO3S2. The van der Waals surface area contributed by atoms with Crippen LogP contribution in [0.25, 0.3) is 0 Å². The Morgan fingerprint density at radius 2 is 2.18 bits per heavy atom. The van der Waals surface area contributed by atoms with E-state index in [1.54, 1.807) is 17.5 Å². The summed E-state index contributed by atoms with van der Waals surface area (Å²) in [6.07, 6.45) is 1.22. The Balaban J connectivity index is 2.19. The largest absolute Gasteiger partial charge is 0.381 e. The Labute approximate surface area is 110 Å². The molecule has 2 rings (SSSR count). The van der Waals surface area contributed by atoms with Gasteiger partial charge < -0.3 is 4.74 Å². The van der Waals surface area contributed by atoms with Crippen LogP contribution in [0, 0.1) is 0 Å². The second-order valence-corrected chi connectivity index (χ2v) is 7.19. The molecule has 0 radical (unpaired) electrons. The van der Waals surface area contributed by atoms with Crippen molar-refractivity contribution in [1.82, 2.24) is 4.72 Å². The molecule has 0 bridgehead atoms. The lowest BCUT2D eigenvalue weighted by Crippen LogP contribution is -2.53. The molecule has 1 aliphatic rings. The monoisotopic (exact) mass is 295 g/mol. The fourth-order valence-corrected chi connectivity index (χ4v) is 4.64. The molecule has 0 spiro atoms. The minimum Gasteiger partial charge on any atom is -0.381 e. The van der Waals surface area contributed by atoms with E-state index in [1.807, 2.05) is 0 Å². The SMILES string of the molecule is O=S(=O)(NC1(CCl)CCOCC1)c1cccs1. The van der Waals surface area contributed by atoms with Crippen molar-refractivity contribution in [3.05, 3.63) is 17.5 Å². The summed E-state index contributed by atoms with van der Waals surface area (Å²) < 4.78 is 32.6. The first kappa shape index (κ1) is 13.3. The lowest BCUT2D eigenvalue weighted by atomic mass is 9.94. The Kier molecular flexibility index (Phi) is 4.10. The summed E-state index contributed by atoms with van der Waals surface area (Å²) in [5.74, 6) is 0.265. The van der Waals surface area contributed by atoms with E-state index in [4.69, 9.17) is 16.3 Å².